The Kier molecular flexibility index (Phi) is 7.25. The molecule has 0 amide bonds. The summed E-state index contributed by atoms with van der Waals surface area (Å²) in [6, 6.07) is 15.3. The zero-order chi connectivity index (χ0) is 19.8. The van der Waals surface area contributed by atoms with Gasteiger partial charge in [-0.25, -0.2) is 4.39 Å². The first kappa shape index (κ1) is 20.1. The molecule has 1 fully saturated rings. The zero-order valence-electron chi connectivity index (χ0n) is 16.6. The van der Waals surface area contributed by atoms with Crippen LogP contribution >= 0.6 is 0 Å². The van der Waals surface area contributed by atoms with Gasteiger partial charge in [0.25, 0.3) is 0 Å². The number of halogens is 1. The molecule has 1 saturated heterocycles. The van der Waals surface area contributed by atoms with Crippen LogP contribution in [-0.2, 0) is 6.54 Å². The van der Waals surface area contributed by atoms with Crippen molar-refractivity contribution >= 4 is 5.96 Å². The average Bonchev–Trinajstić information content (AvgIpc) is 3.26. The van der Waals surface area contributed by atoms with Gasteiger partial charge in [-0.05, 0) is 49.7 Å². The van der Waals surface area contributed by atoms with Gasteiger partial charge in [0.2, 0.25) is 0 Å². The van der Waals surface area contributed by atoms with Crippen LogP contribution in [0.5, 0.6) is 5.75 Å². The predicted octanol–water partition coefficient (Wildman–Crippen LogP) is 3.34. The highest BCUT2D eigenvalue weighted by molar-refractivity contribution is 5.79. The summed E-state index contributed by atoms with van der Waals surface area (Å²) in [6.07, 6.45) is 2.46. The lowest BCUT2D eigenvalue weighted by Gasteiger charge is -2.29. The van der Waals surface area contributed by atoms with Crippen molar-refractivity contribution in [1.29, 1.82) is 0 Å². The summed E-state index contributed by atoms with van der Waals surface area (Å²) >= 11 is 0. The number of ether oxygens (including phenoxy) is 1. The summed E-state index contributed by atoms with van der Waals surface area (Å²) in [5.41, 5.74) is 1.87. The fourth-order valence-corrected chi connectivity index (χ4v) is 3.57. The van der Waals surface area contributed by atoms with Crippen molar-refractivity contribution in [3.63, 3.8) is 0 Å². The Balaban J connectivity index is 1.63. The molecule has 28 heavy (non-hydrogen) atoms. The Bertz CT molecular complexity index is 772. The number of hydrogen-bond acceptors (Lipinski definition) is 3. The Labute approximate surface area is 166 Å². The normalized spacial score (nSPS) is 16.0. The standard InChI is InChI=1S/C22H29FN4O/c1-24-22(25-15-18-7-3-4-8-20(18)23)26-16-21(27-13-5-6-14-27)17-9-11-19(28-2)12-10-17/h3-4,7-12,21H,5-6,13-16H2,1-2H3,(H2,24,25,26). The van der Waals surface area contributed by atoms with Gasteiger partial charge in [0, 0.05) is 25.7 Å². The maximum absolute atomic E-state index is 13.8. The number of guanidine groups is 1. The van der Waals surface area contributed by atoms with Crippen LogP contribution in [0.1, 0.15) is 30.0 Å². The van der Waals surface area contributed by atoms with E-state index in [0.717, 1.165) is 25.4 Å². The molecule has 0 radical (unpaired) electrons. The van der Waals surface area contributed by atoms with Gasteiger partial charge in [-0.2, -0.15) is 0 Å². The third kappa shape index (κ3) is 5.23. The summed E-state index contributed by atoms with van der Waals surface area (Å²) in [5.74, 6) is 1.32. The van der Waals surface area contributed by atoms with E-state index in [0.29, 0.717) is 18.1 Å². The molecule has 3 rings (SSSR count). The second-order valence-electron chi connectivity index (χ2n) is 6.93. The first-order valence-corrected chi connectivity index (χ1v) is 9.77. The van der Waals surface area contributed by atoms with E-state index in [1.807, 2.05) is 18.2 Å². The molecular weight excluding hydrogens is 355 g/mol. The molecule has 0 saturated carbocycles. The van der Waals surface area contributed by atoms with Crippen LogP contribution in [0.15, 0.2) is 53.5 Å². The molecule has 5 nitrogen and oxygen atoms in total. The van der Waals surface area contributed by atoms with Gasteiger partial charge in [-0.15, -0.1) is 0 Å². The minimum atomic E-state index is -0.210. The fourth-order valence-electron chi connectivity index (χ4n) is 3.57. The molecule has 0 bridgehead atoms. The van der Waals surface area contributed by atoms with E-state index in [4.69, 9.17) is 4.74 Å². The van der Waals surface area contributed by atoms with Gasteiger partial charge in [0.15, 0.2) is 5.96 Å². The van der Waals surface area contributed by atoms with Gasteiger partial charge in [0.1, 0.15) is 11.6 Å². The van der Waals surface area contributed by atoms with Crippen LogP contribution in [0.2, 0.25) is 0 Å². The molecule has 2 aromatic rings. The second-order valence-corrected chi connectivity index (χ2v) is 6.93. The minimum absolute atomic E-state index is 0.210. The lowest BCUT2D eigenvalue weighted by atomic mass is 10.1. The van der Waals surface area contributed by atoms with E-state index in [2.05, 4.69) is 32.7 Å². The van der Waals surface area contributed by atoms with Crippen molar-refractivity contribution in [2.75, 3.05) is 33.8 Å². The van der Waals surface area contributed by atoms with Crippen molar-refractivity contribution in [2.45, 2.75) is 25.4 Å². The van der Waals surface area contributed by atoms with Crippen molar-refractivity contribution in [3.05, 3.63) is 65.5 Å². The lowest BCUT2D eigenvalue weighted by Crippen LogP contribution is -2.42. The smallest absolute Gasteiger partial charge is 0.191 e. The van der Waals surface area contributed by atoms with Crippen molar-refractivity contribution < 1.29 is 9.13 Å². The Morgan fingerprint density at radius 1 is 1.11 bits per heavy atom. The monoisotopic (exact) mass is 384 g/mol. The van der Waals surface area contributed by atoms with Crippen LogP contribution in [0.25, 0.3) is 0 Å². The van der Waals surface area contributed by atoms with Gasteiger partial charge in [-0.1, -0.05) is 30.3 Å². The molecule has 1 unspecified atom stereocenters. The van der Waals surface area contributed by atoms with Crippen molar-refractivity contribution in [2.24, 2.45) is 4.99 Å². The predicted molar refractivity (Wildman–Crippen MR) is 111 cm³/mol. The molecular formula is C22H29FN4O. The highest BCUT2D eigenvalue weighted by Gasteiger charge is 2.23. The molecule has 1 aliphatic rings. The fraction of sp³-hybridized carbons (Fsp3) is 0.409. The van der Waals surface area contributed by atoms with E-state index in [9.17, 15) is 4.39 Å². The van der Waals surface area contributed by atoms with Crippen LogP contribution in [-0.4, -0.2) is 44.7 Å². The number of likely N-dealkylation sites (tertiary alicyclic amines) is 1. The molecule has 0 aliphatic carbocycles. The summed E-state index contributed by atoms with van der Waals surface area (Å²) in [6.45, 7) is 3.31. The Hall–Kier alpha value is -2.60. The number of nitrogens with one attached hydrogen (secondary N) is 2. The van der Waals surface area contributed by atoms with E-state index >= 15 is 0 Å². The van der Waals surface area contributed by atoms with Gasteiger partial charge in [0.05, 0.1) is 13.2 Å². The van der Waals surface area contributed by atoms with Crippen LogP contribution < -0.4 is 15.4 Å². The van der Waals surface area contributed by atoms with Gasteiger partial charge < -0.3 is 15.4 Å². The molecule has 150 valence electrons. The third-order valence-corrected chi connectivity index (χ3v) is 5.17. The number of methoxy groups -OCH3 is 1. The Morgan fingerprint density at radius 2 is 1.82 bits per heavy atom. The van der Waals surface area contributed by atoms with E-state index in [-0.39, 0.29) is 11.9 Å². The van der Waals surface area contributed by atoms with E-state index < -0.39 is 0 Å². The molecule has 1 heterocycles. The highest BCUT2D eigenvalue weighted by Crippen LogP contribution is 2.26. The average molecular weight is 384 g/mol. The molecule has 1 aliphatic heterocycles. The highest BCUT2D eigenvalue weighted by atomic mass is 19.1. The SMILES string of the molecule is CN=C(NCc1ccccc1F)NCC(c1ccc(OC)cc1)N1CCCC1. The molecule has 2 N–H and O–H groups in total. The van der Waals surface area contributed by atoms with Crippen molar-refractivity contribution in [3.8, 4) is 5.75 Å². The van der Waals surface area contributed by atoms with Gasteiger partial charge >= 0.3 is 0 Å². The number of rotatable bonds is 7. The quantitative estimate of drug-likeness (QED) is 0.568. The number of benzene rings is 2. The molecule has 1 atom stereocenters. The van der Waals surface area contributed by atoms with E-state index in [1.54, 1.807) is 26.3 Å². The first-order chi connectivity index (χ1) is 13.7. The van der Waals surface area contributed by atoms with E-state index in [1.165, 1.54) is 24.5 Å². The molecule has 6 heteroatoms. The minimum Gasteiger partial charge on any atom is -0.497 e. The number of nitrogens with zero attached hydrogens (tertiary/aromatic N) is 2. The molecule has 0 spiro atoms. The molecule has 0 aromatic heterocycles. The number of hydrogen-bond donors (Lipinski definition) is 2. The second kappa shape index (κ2) is 10.1. The number of aliphatic imine (C=N–C) groups is 1. The van der Waals surface area contributed by atoms with Crippen LogP contribution in [0.3, 0.4) is 0 Å². The maximum atomic E-state index is 13.8. The first-order valence-electron chi connectivity index (χ1n) is 9.77. The van der Waals surface area contributed by atoms with Crippen LogP contribution in [0.4, 0.5) is 4.39 Å². The zero-order valence-corrected chi connectivity index (χ0v) is 16.6. The maximum Gasteiger partial charge on any atom is 0.191 e. The lowest BCUT2D eigenvalue weighted by molar-refractivity contribution is 0.245. The largest absolute Gasteiger partial charge is 0.497 e. The summed E-state index contributed by atoms with van der Waals surface area (Å²) < 4.78 is 19.1. The summed E-state index contributed by atoms with van der Waals surface area (Å²) in [7, 11) is 3.41. The summed E-state index contributed by atoms with van der Waals surface area (Å²) in [4.78, 5) is 6.78. The topological polar surface area (TPSA) is 48.9 Å². The van der Waals surface area contributed by atoms with Gasteiger partial charge in [-0.3, -0.25) is 9.89 Å². The Morgan fingerprint density at radius 3 is 2.46 bits per heavy atom. The van der Waals surface area contributed by atoms with Crippen molar-refractivity contribution in [1.82, 2.24) is 15.5 Å². The summed E-state index contributed by atoms with van der Waals surface area (Å²) in [5, 5.41) is 6.61. The molecule has 2 aromatic carbocycles. The van der Waals surface area contributed by atoms with Crippen LogP contribution in [0, 0.1) is 5.82 Å². The third-order valence-electron chi connectivity index (χ3n) is 5.17.